The molecule has 11 heteroatoms. The van der Waals surface area contributed by atoms with Gasteiger partial charge in [-0.2, -0.15) is 0 Å². The molecule has 0 saturated heterocycles. The van der Waals surface area contributed by atoms with Crippen molar-refractivity contribution in [3.8, 4) is 10.4 Å². The Kier molecular flexibility index (Phi) is 8.09. The number of thiophene rings is 2. The minimum absolute atomic E-state index is 0.189. The van der Waals surface area contributed by atoms with Gasteiger partial charge in [-0.1, -0.05) is 48.5 Å². The normalized spacial score (nSPS) is 10.9. The Bertz CT molecular complexity index is 1840. The summed E-state index contributed by atoms with van der Waals surface area (Å²) >= 11 is 2.37. The summed E-state index contributed by atoms with van der Waals surface area (Å²) in [6.45, 7) is 5.16. The Hall–Kier alpha value is -4.61. The second-order valence-corrected chi connectivity index (χ2v) is 11.2. The number of para-hydroxylation sites is 1. The van der Waals surface area contributed by atoms with Crippen LogP contribution in [0.4, 0.5) is 10.7 Å². The quantitative estimate of drug-likeness (QED) is 0.220. The summed E-state index contributed by atoms with van der Waals surface area (Å²) in [6.07, 6.45) is 1.29. The molecule has 2 aromatic carbocycles. The molecule has 0 aliphatic carbocycles. The van der Waals surface area contributed by atoms with Gasteiger partial charge in [-0.15, -0.1) is 22.7 Å². The SMILES string of the molecule is CCOC(=O)c1cc(-c2ccccc2)sc1NC(=O)Cn1cnc2sc(C(=O)Nc3ccccc3C)c(C)c2c1=O. The van der Waals surface area contributed by atoms with Gasteiger partial charge in [0.15, 0.2) is 0 Å². The van der Waals surface area contributed by atoms with Crippen molar-refractivity contribution in [2.75, 3.05) is 17.2 Å². The molecule has 5 rings (SSSR count). The van der Waals surface area contributed by atoms with Crippen LogP contribution in [0.5, 0.6) is 0 Å². The van der Waals surface area contributed by atoms with E-state index in [2.05, 4.69) is 15.6 Å². The predicted octanol–water partition coefficient (Wildman–Crippen LogP) is 5.87. The molecule has 0 atom stereocenters. The van der Waals surface area contributed by atoms with Crippen LogP contribution in [0.2, 0.25) is 0 Å². The van der Waals surface area contributed by atoms with Gasteiger partial charge in [-0.05, 0) is 49.6 Å². The van der Waals surface area contributed by atoms with E-state index in [1.54, 1.807) is 19.9 Å². The minimum Gasteiger partial charge on any atom is -0.462 e. The van der Waals surface area contributed by atoms with Crippen molar-refractivity contribution in [3.63, 3.8) is 0 Å². The standard InChI is InChI=1S/C30H26N4O5S2/c1-4-39-30(38)20-14-22(19-11-6-5-7-12-19)40-27(20)33-23(35)15-34-16-31-28-24(29(34)37)18(3)25(41-28)26(36)32-21-13-9-8-10-17(21)2/h5-14,16H,4,15H2,1-3H3,(H,32,36)(H,33,35). The number of benzene rings is 2. The second kappa shape index (κ2) is 11.9. The number of amides is 2. The highest BCUT2D eigenvalue weighted by Gasteiger charge is 2.22. The molecule has 0 aliphatic rings. The van der Waals surface area contributed by atoms with Gasteiger partial charge in [-0.3, -0.25) is 19.0 Å². The summed E-state index contributed by atoms with van der Waals surface area (Å²) in [4.78, 5) is 58.0. The topological polar surface area (TPSA) is 119 Å². The highest BCUT2D eigenvalue weighted by Crippen LogP contribution is 2.36. The van der Waals surface area contributed by atoms with E-state index in [9.17, 15) is 19.2 Å². The molecule has 0 radical (unpaired) electrons. The van der Waals surface area contributed by atoms with Crippen LogP contribution < -0.4 is 16.2 Å². The Balaban J connectivity index is 1.39. The third kappa shape index (κ3) is 5.81. The third-order valence-corrected chi connectivity index (χ3v) is 8.67. The number of fused-ring (bicyclic) bond motifs is 1. The number of hydrogen-bond donors (Lipinski definition) is 2. The molecule has 0 saturated carbocycles. The monoisotopic (exact) mass is 586 g/mol. The van der Waals surface area contributed by atoms with Gasteiger partial charge in [-0.25, -0.2) is 9.78 Å². The number of esters is 1. The van der Waals surface area contributed by atoms with Crippen LogP contribution in [-0.2, 0) is 16.1 Å². The average molecular weight is 587 g/mol. The third-order valence-electron chi connectivity index (χ3n) is 6.37. The second-order valence-electron chi connectivity index (χ2n) is 9.17. The lowest BCUT2D eigenvalue weighted by Crippen LogP contribution is -2.28. The molecule has 9 nitrogen and oxygen atoms in total. The molecule has 2 N–H and O–H groups in total. The molecule has 0 aliphatic heterocycles. The van der Waals surface area contributed by atoms with Crippen molar-refractivity contribution in [2.24, 2.45) is 0 Å². The summed E-state index contributed by atoms with van der Waals surface area (Å²) in [5.41, 5.74) is 2.79. The molecular weight excluding hydrogens is 560 g/mol. The van der Waals surface area contributed by atoms with E-state index in [4.69, 9.17) is 4.74 Å². The number of ether oxygens (including phenoxy) is 1. The molecule has 5 aromatic rings. The number of hydrogen-bond acceptors (Lipinski definition) is 8. The summed E-state index contributed by atoms with van der Waals surface area (Å²) in [5, 5.41) is 6.27. The summed E-state index contributed by atoms with van der Waals surface area (Å²) in [5.74, 6) is -1.39. The van der Waals surface area contributed by atoms with Crippen LogP contribution in [0.15, 0.2) is 71.8 Å². The molecule has 3 aromatic heterocycles. The molecule has 2 amide bonds. The molecule has 0 bridgehead atoms. The van der Waals surface area contributed by atoms with E-state index in [-0.39, 0.29) is 30.0 Å². The Morgan fingerprint density at radius 2 is 1.71 bits per heavy atom. The number of nitrogens with zero attached hydrogens (tertiary/aromatic N) is 2. The zero-order valence-corrected chi connectivity index (χ0v) is 24.2. The van der Waals surface area contributed by atoms with Gasteiger partial charge in [0.2, 0.25) is 5.91 Å². The minimum atomic E-state index is -0.549. The number of nitrogens with one attached hydrogen (secondary N) is 2. The van der Waals surface area contributed by atoms with E-state index < -0.39 is 17.4 Å². The largest absolute Gasteiger partial charge is 0.462 e. The number of rotatable bonds is 8. The smallest absolute Gasteiger partial charge is 0.341 e. The lowest BCUT2D eigenvalue weighted by molar-refractivity contribution is -0.116. The van der Waals surface area contributed by atoms with Gasteiger partial charge < -0.3 is 15.4 Å². The molecule has 0 unspecified atom stereocenters. The fourth-order valence-corrected chi connectivity index (χ4v) is 6.39. The van der Waals surface area contributed by atoms with Crippen molar-refractivity contribution < 1.29 is 19.1 Å². The maximum Gasteiger partial charge on any atom is 0.341 e. The molecular formula is C30H26N4O5S2. The van der Waals surface area contributed by atoms with Gasteiger partial charge >= 0.3 is 5.97 Å². The van der Waals surface area contributed by atoms with E-state index in [1.165, 1.54) is 22.2 Å². The van der Waals surface area contributed by atoms with Gasteiger partial charge in [0.25, 0.3) is 11.5 Å². The summed E-state index contributed by atoms with van der Waals surface area (Å²) in [6, 6.07) is 18.6. The van der Waals surface area contributed by atoms with Crippen LogP contribution in [0.25, 0.3) is 20.7 Å². The fraction of sp³-hybridized carbons (Fsp3) is 0.167. The fourth-order valence-electron chi connectivity index (χ4n) is 4.29. The van der Waals surface area contributed by atoms with Gasteiger partial charge in [0.1, 0.15) is 16.4 Å². The van der Waals surface area contributed by atoms with Crippen molar-refractivity contribution in [1.82, 2.24) is 9.55 Å². The van der Waals surface area contributed by atoms with Crippen molar-refractivity contribution in [1.29, 1.82) is 0 Å². The van der Waals surface area contributed by atoms with E-state index >= 15 is 0 Å². The lowest BCUT2D eigenvalue weighted by atomic mass is 10.1. The maximum atomic E-state index is 13.4. The van der Waals surface area contributed by atoms with Gasteiger partial charge in [0.05, 0.1) is 28.8 Å². The predicted molar refractivity (Wildman–Crippen MR) is 162 cm³/mol. The van der Waals surface area contributed by atoms with Crippen LogP contribution >= 0.6 is 22.7 Å². The van der Waals surface area contributed by atoms with Crippen LogP contribution in [0.3, 0.4) is 0 Å². The summed E-state index contributed by atoms with van der Waals surface area (Å²) in [7, 11) is 0. The number of carbonyl (C=O) groups is 3. The number of aromatic nitrogens is 2. The maximum absolute atomic E-state index is 13.4. The van der Waals surface area contributed by atoms with Crippen LogP contribution in [0, 0.1) is 13.8 Å². The van der Waals surface area contributed by atoms with Crippen LogP contribution in [-0.4, -0.2) is 33.9 Å². The Morgan fingerprint density at radius 1 is 0.976 bits per heavy atom. The van der Waals surface area contributed by atoms with E-state index in [0.717, 1.165) is 27.3 Å². The molecule has 3 heterocycles. The van der Waals surface area contributed by atoms with Gasteiger partial charge in [0, 0.05) is 10.6 Å². The first-order valence-corrected chi connectivity index (χ1v) is 14.4. The molecule has 208 valence electrons. The Morgan fingerprint density at radius 3 is 2.44 bits per heavy atom. The van der Waals surface area contributed by atoms with Crippen LogP contribution in [0.1, 0.15) is 38.1 Å². The zero-order chi connectivity index (χ0) is 29.1. The molecule has 0 fully saturated rings. The van der Waals surface area contributed by atoms with E-state index in [0.29, 0.717) is 26.0 Å². The zero-order valence-electron chi connectivity index (χ0n) is 22.5. The summed E-state index contributed by atoms with van der Waals surface area (Å²) < 4.78 is 6.37. The first-order valence-electron chi connectivity index (χ1n) is 12.8. The number of aryl methyl sites for hydroxylation is 2. The highest BCUT2D eigenvalue weighted by atomic mass is 32.1. The average Bonchev–Trinajstić information content (AvgIpc) is 3.53. The highest BCUT2D eigenvalue weighted by molar-refractivity contribution is 7.20. The number of carbonyl (C=O) groups excluding carboxylic acids is 3. The number of anilines is 2. The van der Waals surface area contributed by atoms with Crippen molar-refractivity contribution in [3.05, 3.63) is 98.9 Å². The van der Waals surface area contributed by atoms with Crippen molar-refractivity contribution in [2.45, 2.75) is 27.3 Å². The first-order chi connectivity index (χ1) is 19.8. The first kappa shape index (κ1) is 27.9. The molecule has 41 heavy (non-hydrogen) atoms. The van der Waals surface area contributed by atoms with Crippen molar-refractivity contribution >= 4 is 61.4 Å². The molecule has 0 spiro atoms. The Labute approximate surface area is 243 Å². The lowest BCUT2D eigenvalue weighted by Gasteiger charge is -2.08. The van der Waals surface area contributed by atoms with E-state index in [1.807, 2.05) is 61.5 Å².